The Labute approximate surface area is 201 Å². The van der Waals surface area contributed by atoms with Crippen LogP contribution in [0.1, 0.15) is 23.0 Å². The Balaban J connectivity index is 1.40. The van der Waals surface area contributed by atoms with Crippen LogP contribution in [0.2, 0.25) is 0 Å². The van der Waals surface area contributed by atoms with Crippen molar-refractivity contribution >= 4 is 17.4 Å². The molecule has 0 spiro atoms. The van der Waals surface area contributed by atoms with Gasteiger partial charge in [-0.05, 0) is 28.8 Å². The lowest BCUT2D eigenvalue weighted by Gasteiger charge is -2.18. The minimum absolute atomic E-state index is 0.326. The average molecular weight is 480 g/mol. The van der Waals surface area contributed by atoms with Crippen molar-refractivity contribution in [3.05, 3.63) is 65.9 Å². The second kappa shape index (κ2) is 12.1. The molecule has 0 bridgehead atoms. The first-order valence-electron chi connectivity index (χ1n) is 10.8. The first-order valence-corrected chi connectivity index (χ1v) is 12.2. The molecule has 3 aromatic heterocycles. The molecule has 12 heteroatoms. The molecule has 4 aromatic rings. The van der Waals surface area contributed by atoms with Crippen LogP contribution in [0, 0.1) is 11.3 Å². The van der Waals surface area contributed by atoms with Crippen LogP contribution < -0.4 is 10.1 Å². The van der Waals surface area contributed by atoms with Crippen LogP contribution in [0.3, 0.4) is 0 Å². The lowest BCUT2D eigenvalue weighted by Crippen LogP contribution is -2.30. The topological polar surface area (TPSA) is 128 Å². The van der Waals surface area contributed by atoms with Gasteiger partial charge in [-0.2, -0.15) is 22.1 Å². The van der Waals surface area contributed by atoms with E-state index in [0.29, 0.717) is 49.9 Å². The molecule has 11 nitrogen and oxygen atoms in total. The monoisotopic (exact) mass is 479 g/mol. The van der Waals surface area contributed by atoms with Crippen molar-refractivity contribution in [1.82, 2.24) is 40.1 Å². The van der Waals surface area contributed by atoms with Crippen molar-refractivity contribution in [3.63, 3.8) is 0 Å². The van der Waals surface area contributed by atoms with E-state index in [1.165, 1.54) is 6.20 Å². The summed E-state index contributed by atoms with van der Waals surface area (Å²) >= 11 is 1.72. The molecule has 0 saturated heterocycles. The first-order chi connectivity index (χ1) is 16.8. The number of thioether (sulfide) groups is 1. The Hall–Kier alpha value is -3.53. The summed E-state index contributed by atoms with van der Waals surface area (Å²) < 4.78 is 14.8. The molecular formula is C22H25N9O2S. The summed E-state index contributed by atoms with van der Waals surface area (Å²) in [5, 5.41) is 29.2. The van der Waals surface area contributed by atoms with Crippen molar-refractivity contribution in [2.75, 3.05) is 38.4 Å². The van der Waals surface area contributed by atoms with Crippen LogP contribution in [0.5, 0.6) is 5.75 Å². The van der Waals surface area contributed by atoms with Gasteiger partial charge in [0, 0.05) is 30.3 Å². The predicted octanol–water partition coefficient (Wildman–Crippen LogP) is 1.73. The van der Waals surface area contributed by atoms with Gasteiger partial charge in [-0.15, -0.1) is 5.10 Å². The molecule has 1 N–H and O–H groups in total. The summed E-state index contributed by atoms with van der Waals surface area (Å²) in [6.45, 7) is 2.68. The molecule has 4 rings (SSSR count). The molecular weight excluding hydrogens is 454 g/mol. The molecule has 34 heavy (non-hydrogen) atoms. The van der Waals surface area contributed by atoms with Crippen molar-refractivity contribution < 1.29 is 9.47 Å². The van der Waals surface area contributed by atoms with E-state index in [2.05, 4.69) is 37.0 Å². The Kier molecular flexibility index (Phi) is 8.39. The number of fused-ring (bicyclic) bond motifs is 1. The number of benzene rings is 1. The largest absolute Gasteiger partial charge is 0.491 e. The summed E-state index contributed by atoms with van der Waals surface area (Å²) in [6.07, 6.45) is 7.10. The minimum Gasteiger partial charge on any atom is -0.491 e. The highest BCUT2D eigenvalue weighted by Gasteiger charge is 2.22. The SMILES string of the molecule is CSCCn1nnnc1C(NCCOCCOc1ccccc1)c1cnc2c(C#N)cnn2c1. The van der Waals surface area contributed by atoms with E-state index in [4.69, 9.17) is 9.47 Å². The van der Waals surface area contributed by atoms with E-state index in [0.717, 1.165) is 17.1 Å². The summed E-state index contributed by atoms with van der Waals surface area (Å²) in [5.74, 6) is 2.38. The molecule has 1 atom stereocenters. The number of nitrogens with zero attached hydrogens (tertiary/aromatic N) is 8. The lowest BCUT2D eigenvalue weighted by molar-refractivity contribution is 0.101. The minimum atomic E-state index is -0.326. The molecule has 0 radical (unpaired) electrons. The fourth-order valence-electron chi connectivity index (χ4n) is 3.34. The molecule has 176 valence electrons. The summed E-state index contributed by atoms with van der Waals surface area (Å²) in [5.41, 5.74) is 1.76. The maximum Gasteiger partial charge on any atom is 0.172 e. The number of tetrazole rings is 1. The van der Waals surface area contributed by atoms with Crippen LogP contribution >= 0.6 is 11.8 Å². The zero-order valence-electron chi connectivity index (χ0n) is 18.7. The third kappa shape index (κ3) is 5.88. The molecule has 0 aliphatic rings. The van der Waals surface area contributed by atoms with E-state index in [1.54, 1.807) is 27.2 Å². The zero-order valence-corrected chi connectivity index (χ0v) is 19.6. The predicted molar refractivity (Wildman–Crippen MR) is 127 cm³/mol. The number of ether oxygens (including phenoxy) is 2. The van der Waals surface area contributed by atoms with Crippen molar-refractivity contribution in [2.24, 2.45) is 0 Å². The van der Waals surface area contributed by atoms with Crippen LogP contribution in [-0.2, 0) is 11.3 Å². The van der Waals surface area contributed by atoms with Gasteiger partial charge in [0.15, 0.2) is 11.5 Å². The van der Waals surface area contributed by atoms with Gasteiger partial charge in [-0.25, -0.2) is 14.2 Å². The summed E-state index contributed by atoms with van der Waals surface area (Å²) in [4.78, 5) is 4.44. The molecule has 1 aromatic carbocycles. The molecule has 0 saturated carbocycles. The van der Waals surface area contributed by atoms with Gasteiger partial charge in [0.1, 0.15) is 24.0 Å². The number of nitriles is 1. The fraction of sp³-hybridized carbons (Fsp3) is 0.364. The smallest absolute Gasteiger partial charge is 0.172 e. The van der Waals surface area contributed by atoms with Crippen molar-refractivity contribution in [1.29, 1.82) is 5.26 Å². The highest BCUT2D eigenvalue weighted by atomic mass is 32.2. The number of hydrogen-bond donors (Lipinski definition) is 1. The first kappa shape index (κ1) is 23.6. The highest BCUT2D eigenvalue weighted by molar-refractivity contribution is 7.98. The molecule has 1 unspecified atom stereocenters. The fourth-order valence-corrected chi connectivity index (χ4v) is 3.70. The average Bonchev–Trinajstić information content (AvgIpc) is 3.51. The molecule has 0 amide bonds. The van der Waals surface area contributed by atoms with E-state index in [-0.39, 0.29) is 6.04 Å². The second-order valence-electron chi connectivity index (χ2n) is 7.24. The van der Waals surface area contributed by atoms with Gasteiger partial charge in [0.25, 0.3) is 0 Å². The van der Waals surface area contributed by atoms with E-state index in [9.17, 15) is 5.26 Å². The Bertz CT molecular complexity index is 1220. The number of rotatable bonds is 13. The van der Waals surface area contributed by atoms with E-state index in [1.807, 2.05) is 42.8 Å². The lowest BCUT2D eigenvalue weighted by atomic mass is 10.1. The summed E-state index contributed by atoms with van der Waals surface area (Å²) in [7, 11) is 0. The highest BCUT2D eigenvalue weighted by Crippen LogP contribution is 2.20. The second-order valence-corrected chi connectivity index (χ2v) is 8.23. The quantitative estimate of drug-likeness (QED) is 0.283. The Morgan fingerprint density at radius 1 is 1.18 bits per heavy atom. The van der Waals surface area contributed by atoms with Crippen LogP contribution in [0.4, 0.5) is 0 Å². The van der Waals surface area contributed by atoms with Gasteiger partial charge >= 0.3 is 0 Å². The van der Waals surface area contributed by atoms with Crippen molar-refractivity contribution in [2.45, 2.75) is 12.6 Å². The van der Waals surface area contributed by atoms with E-state index < -0.39 is 0 Å². The number of para-hydroxylation sites is 1. The van der Waals surface area contributed by atoms with Gasteiger partial charge in [0.05, 0.1) is 32.0 Å². The summed E-state index contributed by atoms with van der Waals surface area (Å²) in [6, 6.07) is 11.4. The van der Waals surface area contributed by atoms with Crippen LogP contribution in [-0.4, -0.2) is 73.2 Å². The Morgan fingerprint density at radius 2 is 2.06 bits per heavy atom. The third-order valence-electron chi connectivity index (χ3n) is 4.99. The number of hydrogen-bond acceptors (Lipinski definition) is 10. The van der Waals surface area contributed by atoms with Crippen molar-refractivity contribution in [3.8, 4) is 11.8 Å². The Morgan fingerprint density at radius 3 is 2.88 bits per heavy atom. The van der Waals surface area contributed by atoms with Gasteiger partial charge < -0.3 is 14.8 Å². The van der Waals surface area contributed by atoms with Gasteiger partial charge in [-0.3, -0.25) is 0 Å². The number of aromatic nitrogens is 7. The van der Waals surface area contributed by atoms with E-state index >= 15 is 0 Å². The molecule has 3 heterocycles. The van der Waals surface area contributed by atoms with Crippen LogP contribution in [0.15, 0.2) is 48.9 Å². The normalized spacial score (nSPS) is 12.0. The number of nitrogens with one attached hydrogen (secondary N) is 1. The van der Waals surface area contributed by atoms with Crippen LogP contribution in [0.25, 0.3) is 5.65 Å². The van der Waals surface area contributed by atoms with Gasteiger partial charge in [-0.1, -0.05) is 18.2 Å². The maximum atomic E-state index is 9.23. The molecule has 0 fully saturated rings. The third-order valence-corrected chi connectivity index (χ3v) is 5.58. The van der Waals surface area contributed by atoms with Gasteiger partial charge in [0.2, 0.25) is 0 Å². The zero-order chi connectivity index (χ0) is 23.6. The number of aryl methyl sites for hydroxylation is 1. The molecule has 0 aliphatic heterocycles. The maximum absolute atomic E-state index is 9.23. The standard InChI is InChI=1S/C22H25N9O2S/c1-34-12-8-30-22(27-28-29-30)20(18-14-25-21-17(13-23)15-26-31(21)16-18)24-7-9-32-10-11-33-19-5-3-2-4-6-19/h2-6,14-16,20,24H,7-12H2,1H3. The molecule has 0 aliphatic carbocycles.